The Bertz CT molecular complexity index is 391. The van der Waals surface area contributed by atoms with Gasteiger partial charge < -0.3 is 0 Å². The predicted octanol–water partition coefficient (Wildman–Crippen LogP) is 3.05. The van der Waals surface area contributed by atoms with E-state index in [1.54, 1.807) is 0 Å². The second kappa shape index (κ2) is 7.39. The van der Waals surface area contributed by atoms with Crippen LogP contribution in [0.4, 0.5) is 0 Å². The van der Waals surface area contributed by atoms with Crippen molar-refractivity contribution in [3.63, 3.8) is 0 Å². The molecule has 0 bridgehead atoms. The van der Waals surface area contributed by atoms with E-state index in [0.717, 1.165) is 44.6 Å². The molecule has 1 aromatic rings. The van der Waals surface area contributed by atoms with Crippen LogP contribution in [0.5, 0.6) is 0 Å². The zero-order chi connectivity index (χ0) is 13.5. The van der Waals surface area contributed by atoms with Crippen molar-refractivity contribution >= 4 is 5.78 Å². The molecule has 1 unspecified atom stereocenters. The van der Waals surface area contributed by atoms with E-state index in [-0.39, 0.29) is 5.92 Å². The highest BCUT2D eigenvalue weighted by Gasteiger charge is 2.22. The zero-order valence-corrected chi connectivity index (χ0v) is 11.8. The number of aromatic nitrogens is 1. The van der Waals surface area contributed by atoms with Crippen LogP contribution in [0.1, 0.15) is 44.7 Å². The van der Waals surface area contributed by atoms with E-state index in [2.05, 4.69) is 22.9 Å². The minimum Gasteiger partial charge on any atom is -0.299 e. The minimum atomic E-state index is 0.242. The van der Waals surface area contributed by atoms with Crippen molar-refractivity contribution in [1.82, 2.24) is 9.88 Å². The quantitative estimate of drug-likeness (QED) is 0.763. The van der Waals surface area contributed by atoms with Crippen LogP contribution in [-0.4, -0.2) is 28.8 Å². The molecule has 1 aromatic heterocycles. The van der Waals surface area contributed by atoms with Gasteiger partial charge in [0.2, 0.25) is 0 Å². The lowest BCUT2D eigenvalue weighted by Crippen LogP contribution is -2.32. The molecule has 1 heterocycles. The van der Waals surface area contributed by atoms with Crippen molar-refractivity contribution in [3.8, 4) is 0 Å². The van der Waals surface area contributed by atoms with E-state index in [4.69, 9.17) is 0 Å². The Morgan fingerprint density at radius 3 is 2.95 bits per heavy atom. The van der Waals surface area contributed by atoms with Crippen LogP contribution in [0.15, 0.2) is 24.4 Å². The molecule has 3 heteroatoms. The standard InChI is InChI=1S/C16H24N2O/c1-2-18(13-15-9-6-7-11-17-15)12-14-8-4-3-5-10-16(14)19/h6-7,9,11,14H,2-5,8,10,12-13H2,1H3. The summed E-state index contributed by atoms with van der Waals surface area (Å²) in [5.74, 6) is 0.711. The average Bonchev–Trinajstić information content (AvgIpc) is 2.64. The Balaban J connectivity index is 1.92. The Morgan fingerprint density at radius 2 is 2.21 bits per heavy atom. The summed E-state index contributed by atoms with van der Waals surface area (Å²) in [7, 11) is 0. The van der Waals surface area contributed by atoms with Crippen LogP contribution >= 0.6 is 0 Å². The molecule has 1 aliphatic carbocycles. The van der Waals surface area contributed by atoms with Gasteiger partial charge in [0, 0.05) is 31.6 Å². The fraction of sp³-hybridized carbons (Fsp3) is 0.625. The van der Waals surface area contributed by atoms with Gasteiger partial charge in [0.05, 0.1) is 5.69 Å². The van der Waals surface area contributed by atoms with Crippen molar-refractivity contribution in [2.24, 2.45) is 5.92 Å². The largest absolute Gasteiger partial charge is 0.299 e. The summed E-state index contributed by atoms with van der Waals surface area (Å²) >= 11 is 0. The Labute approximate surface area is 116 Å². The maximum atomic E-state index is 12.1. The molecule has 19 heavy (non-hydrogen) atoms. The highest BCUT2D eigenvalue weighted by molar-refractivity contribution is 5.81. The van der Waals surface area contributed by atoms with Gasteiger partial charge in [-0.05, 0) is 31.5 Å². The number of carbonyl (C=O) groups excluding carboxylic acids is 1. The van der Waals surface area contributed by atoms with Crippen LogP contribution in [0.2, 0.25) is 0 Å². The molecule has 2 rings (SSSR count). The lowest BCUT2D eigenvalue weighted by molar-refractivity contribution is -0.123. The summed E-state index contributed by atoms with van der Waals surface area (Å²) in [4.78, 5) is 18.8. The number of nitrogens with zero attached hydrogens (tertiary/aromatic N) is 2. The fourth-order valence-corrected chi connectivity index (χ4v) is 2.76. The molecule has 0 aliphatic heterocycles. The molecule has 0 N–H and O–H groups in total. The molecule has 0 aromatic carbocycles. The summed E-state index contributed by atoms with van der Waals surface area (Å²) in [6.07, 6.45) is 7.19. The zero-order valence-electron chi connectivity index (χ0n) is 11.8. The molecule has 1 saturated carbocycles. The molecule has 0 amide bonds. The number of rotatable bonds is 5. The lowest BCUT2D eigenvalue weighted by atomic mass is 9.98. The molecular formula is C16H24N2O. The van der Waals surface area contributed by atoms with E-state index in [9.17, 15) is 4.79 Å². The summed E-state index contributed by atoms with van der Waals surface area (Å²) in [5.41, 5.74) is 1.09. The first kappa shape index (κ1) is 14.2. The molecule has 0 saturated heterocycles. The van der Waals surface area contributed by atoms with Gasteiger partial charge in [-0.25, -0.2) is 0 Å². The first-order chi connectivity index (χ1) is 9.29. The number of hydrogen-bond acceptors (Lipinski definition) is 3. The third-order valence-electron chi connectivity index (χ3n) is 3.97. The van der Waals surface area contributed by atoms with E-state index in [0.29, 0.717) is 5.78 Å². The maximum Gasteiger partial charge on any atom is 0.137 e. The second-order valence-electron chi connectivity index (χ2n) is 5.41. The molecule has 1 fully saturated rings. The van der Waals surface area contributed by atoms with Crippen LogP contribution in [0, 0.1) is 5.92 Å². The van der Waals surface area contributed by atoms with E-state index >= 15 is 0 Å². The Kier molecular flexibility index (Phi) is 5.52. The van der Waals surface area contributed by atoms with E-state index < -0.39 is 0 Å². The van der Waals surface area contributed by atoms with E-state index in [1.165, 1.54) is 12.8 Å². The molecule has 1 atom stereocenters. The van der Waals surface area contributed by atoms with Crippen LogP contribution < -0.4 is 0 Å². The van der Waals surface area contributed by atoms with Gasteiger partial charge >= 0.3 is 0 Å². The highest BCUT2D eigenvalue weighted by atomic mass is 16.1. The van der Waals surface area contributed by atoms with Crippen LogP contribution in [0.3, 0.4) is 0 Å². The van der Waals surface area contributed by atoms with Crippen molar-refractivity contribution in [2.75, 3.05) is 13.1 Å². The topological polar surface area (TPSA) is 33.2 Å². The number of carbonyl (C=O) groups is 1. The van der Waals surface area contributed by atoms with E-state index in [1.807, 2.05) is 18.3 Å². The van der Waals surface area contributed by atoms with Crippen molar-refractivity contribution in [1.29, 1.82) is 0 Å². The van der Waals surface area contributed by atoms with Crippen molar-refractivity contribution in [2.45, 2.75) is 45.6 Å². The number of ketones is 1. The monoisotopic (exact) mass is 260 g/mol. The smallest absolute Gasteiger partial charge is 0.137 e. The summed E-state index contributed by atoms with van der Waals surface area (Å²) < 4.78 is 0. The molecule has 104 valence electrons. The summed E-state index contributed by atoms with van der Waals surface area (Å²) in [6, 6.07) is 6.01. The molecular weight excluding hydrogens is 236 g/mol. The number of hydrogen-bond donors (Lipinski definition) is 0. The fourth-order valence-electron chi connectivity index (χ4n) is 2.76. The van der Waals surface area contributed by atoms with Gasteiger partial charge in [-0.2, -0.15) is 0 Å². The molecule has 0 radical (unpaired) electrons. The summed E-state index contributed by atoms with van der Waals surface area (Å²) in [6.45, 7) is 4.87. The molecule has 1 aliphatic rings. The van der Waals surface area contributed by atoms with Gasteiger partial charge in [-0.15, -0.1) is 0 Å². The highest BCUT2D eigenvalue weighted by Crippen LogP contribution is 2.21. The summed E-state index contributed by atoms with van der Waals surface area (Å²) in [5, 5.41) is 0. The normalized spacial score (nSPS) is 20.5. The first-order valence-electron chi connectivity index (χ1n) is 7.44. The number of pyridine rings is 1. The Morgan fingerprint density at radius 1 is 1.32 bits per heavy atom. The first-order valence-corrected chi connectivity index (χ1v) is 7.44. The van der Waals surface area contributed by atoms with Gasteiger partial charge in [-0.3, -0.25) is 14.7 Å². The van der Waals surface area contributed by atoms with Gasteiger partial charge in [0.15, 0.2) is 0 Å². The third kappa shape index (κ3) is 4.43. The van der Waals surface area contributed by atoms with Crippen molar-refractivity contribution < 1.29 is 4.79 Å². The third-order valence-corrected chi connectivity index (χ3v) is 3.97. The molecule has 3 nitrogen and oxygen atoms in total. The van der Waals surface area contributed by atoms with Gasteiger partial charge in [0.25, 0.3) is 0 Å². The van der Waals surface area contributed by atoms with Gasteiger partial charge in [-0.1, -0.05) is 25.8 Å². The SMILES string of the molecule is CCN(Cc1ccccn1)CC1CCCCCC1=O. The van der Waals surface area contributed by atoms with Crippen molar-refractivity contribution in [3.05, 3.63) is 30.1 Å². The van der Waals surface area contributed by atoms with Crippen LogP contribution in [0.25, 0.3) is 0 Å². The number of Topliss-reactive ketones (excluding diaryl/α,β-unsaturated/α-hetero) is 1. The van der Waals surface area contributed by atoms with Gasteiger partial charge in [0.1, 0.15) is 5.78 Å². The minimum absolute atomic E-state index is 0.242. The van der Waals surface area contributed by atoms with Crippen LogP contribution in [-0.2, 0) is 11.3 Å². The maximum absolute atomic E-state index is 12.1. The predicted molar refractivity (Wildman–Crippen MR) is 76.8 cm³/mol. The second-order valence-corrected chi connectivity index (χ2v) is 5.41. The Hall–Kier alpha value is -1.22. The average molecular weight is 260 g/mol. The lowest BCUT2D eigenvalue weighted by Gasteiger charge is -2.24. The molecule has 0 spiro atoms.